The average Bonchev–Trinajstić information content (AvgIpc) is 2.87. The van der Waals surface area contributed by atoms with Crippen LogP contribution in [0.1, 0.15) is 121 Å². The summed E-state index contributed by atoms with van der Waals surface area (Å²) in [4.78, 5) is 11.5. The number of thioether (sulfide) groups is 1. The van der Waals surface area contributed by atoms with E-state index in [1.54, 1.807) is 13.0 Å². The van der Waals surface area contributed by atoms with Crippen molar-refractivity contribution in [1.82, 2.24) is 5.32 Å². The van der Waals surface area contributed by atoms with E-state index in [0.717, 1.165) is 55.8 Å². The Labute approximate surface area is 221 Å². The number of carbonyl (C=O) groups is 1. The molecule has 0 aliphatic heterocycles. The van der Waals surface area contributed by atoms with Crippen LogP contribution >= 0.6 is 20.3 Å². The van der Waals surface area contributed by atoms with Crippen LogP contribution in [-0.4, -0.2) is 46.6 Å². The quantitative estimate of drug-likeness (QED) is 0.106. The molecule has 0 bridgehead atoms. The largest absolute Gasteiger partial charge is 0.495 e. The number of carbonyl (C=O) groups excluding carboxylic acids is 1. The lowest BCUT2D eigenvalue weighted by Crippen LogP contribution is -2.15. The summed E-state index contributed by atoms with van der Waals surface area (Å²) < 4.78 is 0. The van der Waals surface area contributed by atoms with E-state index in [-0.39, 0.29) is 5.88 Å². The summed E-state index contributed by atoms with van der Waals surface area (Å²) in [6.45, 7) is 24.0. The van der Waals surface area contributed by atoms with Gasteiger partial charge >= 0.3 is 0 Å². The van der Waals surface area contributed by atoms with Gasteiger partial charge in [-0.05, 0) is 49.6 Å². The number of hydrogen-bond donors (Lipinski definition) is 3. The maximum Gasteiger partial charge on any atom is 0.179 e. The summed E-state index contributed by atoms with van der Waals surface area (Å²) >= 11 is 1.86. The molecule has 1 atom stereocenters. The first-order valence-electron chi connectivity index (χ1n) is 13.9. The van der Waals surface area contributed by atoms with Crippen LogP contribution in [0.5, 0.6) is 0 Å². The van der Waals surface area contributed by atoms with Crippen molar-refractivity contribution in [1.29, 1.82) is 0 Å². The number of nitrogens with one attached hydrogen (secondary N) is 1. The predicted molar refractivity (Wildman–Crippen MR) is 163 cm³/mol. The van der Waals surface area contributed by atoms with E-state index in [9.17, 15) is 4.79 Å². The maximum absolute atomic E-state index is 11.5. The molecule has 0 radical (unpaired) electrons. The lowest BCUT2D eigenvalue weighted by molar-refractivity contribution is -0.111. The molecule has 0 aliphatic rings. The fraction of sp³-hybridized carbons (Fsp3) is 0.893. The van der Waals surface area contributed by atoms with Gasteiger partial charge in [0, 0.05) is 25.3 Å². The zero-order chi connectivity index (χ0) is 27.6. The highest BCUT2D eigenvalue weighted by Crippen LogP contribution is 2.23. The number of aliphatic hydroxyl groups excluding tert-OH is 2. The minimum absolute atomic E-state index is 0.275. The molecule has 0 rings (SSSR count). The van der Waals surface area contributed by atoms with Gasteiger partial charge in [0.15, 0.2) is 11.4 Å². The van der Waals surface area contributed by atoms with E-state index >= 15 is 0 Å². The van der Waals surface area contributed by atoms with E-state index in [0.29, 0.717) is 26.6 Å². The molecular formula is C28H64NO3PS. The molecule has 0 aromatic heterocycles. The molecule has 0 saturated heterocycles. The molecule has 0 heterocycles. The number of unbranched alkanes of at least 4 members (excludes halogenated alkanes) is 2. The first kappa shape index (κ1) is 43.8. The third-order valence-corrected chi connectivity index (χ3v) is 6.81. The van der Waals surface area contributed by atoms with Gasteiger partial charge in [-0.3, -0.25) is 4.79 Å². The fourth-order valence-corrected chi connectivity index (χ4v) is 4.15. The molecule has 3 N–H and O–H groups in total. The van der Waals surface area contributed by atoms with Crippen LogP contribution in [0.3, 0.4) is 0 Å². The Morgan fingerprint density at radius 2 is 1.59 bits per heavy atom. The molecule has 0 saturated carbocycles. The third-order valence-electron chi connectivity index (χ3n) is 4.48. The standard InChI is InChI=1S/C12H25OP.C7H15NOS.C5H12O.2C2H6/c1-5-11(6-2)9-14-12(13)8-7-10(3)4;1-3-7(9)8-5-6-10-4-2;1-2-3-4-5-6;2*1-2/h10-11,14H,5-9H2,1-4H3;3,8-9H,4-6H2,1-2H3;6H,2-5H2,1H3;2*1-2H3/b;7-3+;;;. The predicted octanol–water partition coefficient (Wildman–Crippen LogP) is 9.03. The molecule has 0 spiro atoms. The van der Waals surface area contributed by atoms with E-state index in [2.05, 4.69) is 46.9 Å². The van der Waals surface area contributed by atoms with Crippen molar-refractivity contribution in [2.24, 2.45) is 11.8 Å². The van der Waals surface area contributed by atoms with Crippen molar-refractivity contribution < 1.29 is 15.0 Å². The molecule has 0 aromatic rings. The monoisotopic (exact) mass is 525 g/mol. The minimum atomic E-state index is 0.275. The highest BCUT2D eigenvalue weighted by atomic mass is 32.2. The Morgan fingerprint density at radius 3 is 1.94 bits per heavy atom. The van der Waals surface area contributed by atoms with Gasteiger partial charge in [0.05, 0.1) is 0 Å². The van der Waals surface area contributed by atoms with Crippen molar-refractivity contribution >= 4 is 25.9 Å². The lowest BCUT2D eigenvalue weighted by Gasteiger charge is -2.11. The second-order valence-corrected chi connectivity index (χ2v) is 10.4. The first-order chi connectivity index (χ1) is 16.3. The van der Waals surface area contributed by atoms with Crippen LogP contribution in [0.25, 0.3) is 0 Å². The Kier molecular flexibility index (Phi) is 55.2. The van der Waals surface area contributed by atoms with E-state index < -0.39 is 0 Å². The van der Waals surface area contributed by atoms with Gasteiger partial charge in [0.25, 0.3) is 0 Å². The van der Waals surface area contributed by atoms with Crippen molar-refractivity contribution in [3.05, 3.63) is 12.0 Å². The molecule has 0 fully saturated rings. The van der Waals surface area contributed by atoms with Crippen LogP contribution < -0.4 is 5.32 Å². The van der Waals surface area contributed by atoms with Crippen molar-refractivity contribution in [2.45, 2.75) is 121 Å². The highest BCUT2D eigenvalue weighted by molar-refractivity contribution is 7.99. The van der Waals surface area contributed by atoms with Crippen LogP contribution in [0.15, 0.2) is 12.0 Å². The summed E-state index contributed by atoms with van der Waals surface area (Å²) in [6.07, 6.45) is 10.4. The zero-order valence-electron chi connectivity index (χ0n) is 24.9. The average molecular weight is 526 g/mol. The first-order valence-corrected chi connectivity index (χ1v) is 16.2. The smallest absolute Gasteiger partial charge is 0.179 e. The van der Waals surface area contributed by atoms with Crippen molar-refractivity contribution in [2.75, 3.05) is 30.8 Å². The molecule has 0 aromatic carbocycles. The van der Waals surface area contributed by atoms with Gasteiger partial charge in [-0.2, -0.15) is 11.8 Å². The number of allylic oxidation sites excluding steroid dienone is 1. The summed E-state index contributed by atoms with van der Waals surface area (Å²) in [5.74, 6) is 3.90. The molecule has 1 unspecified atom stereocenters. The topological polar surface area (TPSA) is 69.6 Å². The Hall–Kier alpha value is -0.250. The SMILES string of the molecule is C/C=C(/O)NCCSCC.CC.CC.CCC(CC)CPC(=O)CCC(C)C.CCCCCO. The van der Waals surface area contributed by atoms with Gasteiger partial charge in [-0.25, -0.2) is 0 Å². The fourth-order valence-electron chi connectivity index (χ4n) is 2.20. The Morgan fingerprint density at radius 1 is 1.03 bits per heavy atom. The van der Waals surface area contributed by atoms with Crippen molar-refractivity contribution in [3.8, 4) is 0 Å². The van der Waals surface area contributed by atoms with E-state index in [1.165, 1.54) is 19.3 Å². The third kappa shape index (κ3) is 49.0. The van der Waals surface area contributed by atoms with E-state index in [4.69, 9.17) is 10.2 Å². The Bertz CT molecular complexity index is 373. The molecule has 6 heteroatoms. The lowest BCUT2D eigenvalue weighted by atomic mass is 10.1. The summed E-state index contributed by atoms with van der Waals surface area (Å²) in [7, 11) is 0.561. The molecule has 0 aliphatic carbocycles. The van der Waals surface area contributed by atoms with Crippen LogP contribution in [0, 0.1) is 11.8 Å². The van der Waals surface area contributed by atoms with E-state index in [1.807, 2.05) is 39.5 Å². The second kappa shape index (κ2) is 42.9. The molecular weight excluding hydrogens is 461 g/mol. The number of hydrogen-bond acceptors (Lipinski definition) is 5. The van der Waals surface area contributed by atoms with Gasteiger partial charge in [-0.1, -0.05) is 104 Å². The summed E-state index contributed by atoms with van der Waals surface area (Å²) in [6, 6.07) is 0. The molecule has 4 nitrogen and oxygen atoms in total. The second-order valence-electron chi connectivity index (χ2n) is 7.65. The Balaban J connectivity index is -0.000000122. The highest BCUT2D eigenvalue weighted by Gasteiger charge is 2.08. The zero-order valence-corrected chi connectivity index (χ0v) is 26.7. The molecule has 0 amide bonds. The normalized spacial score (nSPS) is 10.4. The molecule has 210 valence electrons. The number of rotatable bonds is 16. The van der Waals surface area contributed by atoms with Gasteiger partial charge in [0.1, 0.15) is 0 Å². The minimum Gasteiger partial charge on any atom is -0.495 e. The summed E-state index contributed by atoms with van der Waals surface area (Å²) in [5, 5.41) is 20.0. The van der Waals surface area contributed by atoms with Gasteiger partial charge in [-0.15, -0.1) is 0 Å². The van der Waals surface area contributed by atoms with Crippen LogP contribution in [-0.2, 0) is 4.79 Å². The van der Waals surface area contributed by atoms with Crippen molar-refractivity contribution in [3.63, 3.8) is 0 Å². The molecule has 34 heavy (non-hydrogen) atoms. The van der Waals surface area contributed by atoms with Crippen LogP contribution in [0.2, 0.25) is 0 Å². The van der Waals surface area contributed by atoms with Gasteiger partial charge in [0.2, 0.25) is 0 Å². The maximum atomic E-state index is 11.5. The summed E-state index contributed by atoms with van der Waals surface area (Å²) in [5.41, 5.74) is 0.491. The van der Waals surface area contributed by atoms with Crippen LogP contribution in [0.4, 0.5) is 0 Å². The van der Waals surface area contributed by atoms with Gasteiger partial charge < -0.3 is 15.5 Å². The number of aliphatic hydroxyl groups is 2.